The van der Waals surface area contributed by atoms with Crippen LogP contribution in [0.3, 0.4) is 0 Å². The van der Waals surface area contributed by atoms with Gasteiger partial charge >= 0.3 is 0 Å². The van der Waals surface area contributed by atoms with E-state index < -0.39 is 21.3 Å². The molecule has 0 bridgehead atoms. The molecule has 0 radical (unpaired) electrons. The molecule has 2 aromatic rings. The van der Waals surface area contributed by atoms with Gasteiger partial charge in [0.15, 0.2) is 11.6 Å². The molecule has 168 valence electrons. The Labute approximate surface area is 182 Å². The average molecular weight is 451 g/mol. The van der Waals surface area contributed by atoms with Crippen molar-refractivity contribution in [2.75, 3.05) is 29.9 Å². The molecule has 1 aliphatic heterocycles. The number of ether oxygens (including phenoxy) is 2. The van der Waals surface area contributed by atoms with Gasteiger partial charge < -0.3 is 14.4 Å². The fourth-order valence-electron chi connectivity index (χ4n) is 3.29. The van der Waals surface area contributed by atoms with Crippen LogP contribution in [0.1, 0.15) is 27.7 Å². The van der Waals surface area contributed by atoms with Crippen molar-refractivity contribution in [3.63, 3.8) is 0 Å². The highest BCUT2D eigenvalue weighted by atomic mass is 32.2. The molecule has 0 aromatic heterocycles. The van der Waals surface area contributed by atoms with E-state index in [1.165, 1.54) is 25.3 Å². The maximum Gasteiger partial charge on any atom is 0.262 e. The van der Waals surface area contributed by atoms with E-state index >= 15 is 0 Å². The molecule has 0 unspecified atom stereocenters. The highest BCUT2D eigenvalue weighted by Crippen LogP contribution is 2.39. The second-order valence-electron chi connectivity index (χ2n) is 8.57. The van der Waals surface area contributed by atoms with E-state index in [9.17, 15) is 17.6 Å². The third kappa shape index (κ3) is 4.76. The normalized spacial score (nSPS) is 15.8. The molecule has 3 rings (SSSR count). The average Bonchev–Trinajstić information content (AvgIpc) is 2.77. The fraction of sp³-hybridized carbons (Fsp3) is 0.409. The standard InChI is InChI=1S/C22H27FN2O5S/c1-14(2)12-25-18-8-6-15(10-20(18)30-13-22(3,4)21(25)26)24-31(27,28)16-7-9-19(29-5)17(23)11-16/h6-11,14,24H,12-13H2,1-5H3. The molecule has 1 N–H and O–H groups in total. The summed E-state index contributed by atoms with van der Waals surface area (Å²) >= 11 is 0. The molecule has 7 nitrogen and oxygen atoms in total. The van der Waals surface area contributed by atoms with Gasteiger partial charge in [0.25, 0.3) is 10.0 Å². The smallest absolute Gasteiger partial charge is 0.262 e. The molecule has 1 heterocycles. The van der Waals surface area contributed by atoms with Crippen LogP contribution in [-0.4, -0.2) is 34.6 Å². The maximum atomic E-state index is 14.0. The Morgan fingerprint density at radius 1 is 1.23 bits per heavy atom. The van der Waals surface area contributed by atoms with Gasteiger partial charge in [0.2, 0.25) is 5.91 Å². The lowest BCUT2D eigenvalue weighted by Crippen LogP contribution is -2.43. The number of amides is 1. The summed E-state index contributed by atoms with van der Waals surface area (Å²) in [6.07, 6.45) is 0. The molecular formula is C22H27FN2O5S. The number of carbonyl (C=O) groups is 1. The maximum absolute atomic E-state index is 14.0. The lowest BCUT2D eigenvalue weighted by Gasteiger charge is -2.29. The minimum absolute atomic E-state index is 0.0464. The molecule has 9 heteroatoms. The van der Waals surface area contributed by atoms with Gasteiger partial charge in [0, 0.05) is 12.6 Å². The molecule has 0 fully saturated rings. The monoisotopic (exact) mass is 450 g/mol. The van der Waals surface area contributed by atoms with E-state index in [4.69, 9.17) is 9.47 Å². The van der Waals surface area contributed by atoms with Crippen molar-refractivity contribution in [1.82, 2.24) is 0 Å². The molecule has 31 heavy (non-hydrogen) atoms. The fourth-order valence-corrected chi connectivity index (χ4v) is 4.35. The number of nitrogens with zero attached hydrogens (tertiary/aromatic N) is 1. The van der Waals surface area contributed by atoms with Crippen LogP contribution >= 0.6 is 0 Å². The van der Waals surface area contributed by atoms with Gasteiger partial charge in [-0.05, 0) is 50.1 Å². The minimum atomic E-state index is -4.04. The Bertz CT molecular complexity index is 1100. The van der Waals surface area contributed by atoms with Crippen LogP contribution in [0.4, 0.5) is 15.8 Å². The van der Waals surface area contributed by atoms with Gasteiger partial charge in [-0.3, -0.25) is 9.52 Å². The third-order valence-electron chi connectivity index (χ3n) is 4.90. The predicted molar refractivity (Wildman–Crippen MR) is 117 cm³/mol. The van der Waals surface area contributed by atoms with Gasteiger partial charge in [0.1, 0.15) is 12.4 Å². The van der Waals surface area contributed by atoms with Crippen LogP contribution in [0, 0.1) is 17.2 Å². The first kappa shape index (κ1) is 22.9. The zero-order valence-corrected chi connectivity index (χ0v) is 19.0. The third-order valence-corrected chi connectivity index (χ3v) is 6.28. The lowest BCUT2D eigenvalue weighted by atomic mass is 9.92. The summed E-state index contributed by atoms with van der Waals surface area (Å²) in [7, 11) is -2.74. The summed E-state index contributed by atoms with van der Waals surface area (Å²) in [4.78, 5) is 14.5. The van der Waals surface area contributed by atoms with Crippen molar-refractivity contribution in [2.24, 2.45) is 11.3 Å². The molecule has 1 amide bonds. The first-order chi connectivity index (χ1) is 14.4. The number of anilines is 2. The number of benzene rings is 2. The minimum Gasteiger partial charge on any atom is -0.494 e. The number of nitrogens with one attached hydrogen (secondary N) is 1. The zero-order chi connectivity index (χ0) is 23.0. The molecule has 0 saturated carbocycles. The van der Waals surface area contributed by atoms with Gasteiger partial charge in [-0.2, -0.15) is 0 Å². The Balaban J connectivity index is 1.95. The lowest BCUT2D eigenvalue weighted by molar-refractivity contribution is -0.127. The van der Waals surface area contributed by atoms with Gasteiger partial charge in [-0.25, -0.2) is 12.8 Å². The number of carbonyl (C=O) groups excluding carboxylic acids is 1. The summed E-state index contributed by atoms with van der Waals surface area (Å²) in [6.45, 7) is 8.33. The van der Waals surface area contributed by atoms with Crippen molar-refractivity contribution in [3.05, 3.63) is 42.2 Å². The van der Waals surface area contributed by atoms with Gasteiger partial charge in [0.05, 0.1) is 28.8 Å². The Kier molecular flexibility index (Phi) is 6.18. The summed E-state index contributed by atoms with van der Waals surface area (Å²) < 4.78 is 52.6. The van der Waals surface area contributed by atoms with Crippen molar-refractivity contribution in [2.45, 2.75) is 32.6 Å². The molecule has 0 saturated heterocycles. The molecule has 2 aromatic carbocycles. The second kappa shape index (κ2) is 8.37. The van der Waals surface area contributed by atoms with E-state index in [2.05, 4.69) is 4.72 Å². The Morgan fingerprint density at radius 3 is 2.55 bits per heavy atom. The van der Waals surface area contributed by atoms with E-state index in [-0.39, 0.29) is 34.8 Å². The quantitative estimate of drug-likeness (QED) is 0.718. The molecular weight excluding hydrogens is 423 g/mol. The number of rotatable bonds is 6. The molecule has 0 atom stereocenters. The van der Waals surface area contributed by atoms with E-state index in [0.29, 0.717) is 18.0 Å². The first-order valence-electron chi connectivity index (χ1n) is 9.90. The summed E-state index contributed by atoms with van der Waals surface area (Å²) in [5.74, 6) is -0.243. The number of hydrogen-bond acceptors (Lipinski definition) is 5. The van der Waals surface area contributed by atoms with Gasteiger partial charge in [-0.15, -0.1) is 0 Å². The predicted octanol–water partition coefficient (Wildman–Crippen LogP) is 4.04. The highest BCUT2D eigenvalue weighted by Gasteiger charge is 2.38. The number of halogens is 1. The summed E-state index contributed by atoms with van der Waals surface area (Å²) in [5.41, 5.74) is 0.100. The van der Waals surface area contributed by atoms with Crippen LogP contribution in [0.2, 0.25) is 0 Å². The number of methoxy groups -OCH3 is 1. The second-order valence-corrected chi connectivity index (χ2v) is 10.2. The largest absolute Gasteiger partial charge is 0.494 e. The van der Waals surface area contributed by atoms with Crippen LogP contribution in [-0.2, 0) is 14.8 Å². The molecule has 1 aliphatic rings. The number of sulfonamides is 1. The summed E-state index contributed by atoms with van der Waals surface area (Å²) in [6, 6.07) is 8.15. The van der Waals surface area contributed by atoms with Crippen LogP contribution in [0.25, 0.3) is 0 Å². The van der Waals surface area contributed by atoms with Crippen LogP contribution in [0.5, 0.6) is 11.5 Å². The Hall–Kier alpha value is -2.81. The molecule has 0 aliphatic carbocycles. The molecule has 0 spiro atoms. The van der Waals surface area contributed by atoms with Crippen molar-refractivity contribution >= 4 is 27.3 Å². The number of hydrogen-bond donors (Lipinski definition) is 1. The van der Waals surface area contributed by atoms with Gasteiger partial charge in [-0.1, -0.05) is 13.8 Å². The van der Waals surface area contributed by atoms with E-state index in [1.54, 1.807) is 17.0 Å². The van der Waals surface area contributed by atoms with Crippen molar-refractivity contribution < 1.29 is 27.1 Å². The first-order valence-corrected chi connectivity index (χ1v) is 11.4. The van der Waals surface area contributed by atoms with E-state index in [1.807, 2.05) is 27.7 Å². The highest BCUT2D eigenvalue weighted by molar-refractivity contribution is 7.92. The van der Waals surface area contributed by atoms with E-state index in [0.717, 1.165) is 6.07 Å². The Morgan fingerprint density at radius 2 is 1.94 bits per heavy atom. The van der Waals surface area contributed by atoms with Crippen LogP contribution < -0.4 is 19.1 Å². The summed E-state index contributed by atoms with van der Waals surface area (Å²) in [5, 5.41) is 0. The topological polar surface area (TPSA) is 84.9 Å². The zero-order valence-electron chi connectivity index (χ0n) is 18.2. The van der Waals surface area contributed by atoms with Crippen LogP contribution in [0.15, 0.2) is 41.3 Å². The SMILES string of the molecule is COc1ccc(S(=O)(=O)Nc2ccc3c(c2)OCC(C)(C)C(=O)N3CC(C)C)cc1F. The van der Waals surface area contributed by atoms with Crippen molar-refractivity contribution in [3.8, 4) is 11.5 Å². The van der Waals surface area contributed by atoms with Crippen molar-refractivity contribution in [1.29, 1.82) is 0 Å². The number of fused-ring (bicyclic) bond motifs is 1.